The molecule has 9 heteroatoms. The van der Waals surface area contributed by atoms with Gasteiger partial charge >= 0.3 is 6.09 Å². The fourth-order valence-corrected chi connectivity index (χ4v) is 3.73. The Morgan fingerprint density at radius 3 is 2.48 bits per heavy atom. The molecule has 0 aliphatic carbocycles. The van der Waals surface area contributed by atoms with E-state index in [1.165, 1.54) is 11.8 Å². The first-order valence-corrected chi connectivity index (χ1v) is 8.95. The number of alkyl carbamates (subject to hydrolysis) is 1. The molecule has 0 bridgehead atoms. The van der Waals surface area contributed by atoms with Crippen LogP contribution >= 0.6 is 46.3 Å². The smallest absolute Gasteiger partial charge is 0.414 e. The molecule has 1 N–H and O–H groups in total. The third kappa shape index (κ3) is 6.02. The summed E-state index contributed by atoms with van der Waals surface area (Å²) in [6.07, 6.45) is 1.06. The summed E-state index contributed by atoms with van der Waals surface area (Å²) in [5.74, 6) is -0.641. The van der Waals surface area contributed by atoms with Crippen LogP contribution in [0.15, 0.2) is 0 Å². The Bertz CT molecular complexity index is 529. The van der Waals surface area contributed by atoms with Crippen molar-refractivity contribution < 1.29 is 14.3 Å². The molecule has 5 nitrogen and oxygen atoms in total. The lowest BCUT2D eigenvalue weighted by Crippen LogP contribution is -2.39. The molecule has 2 amide bonds. The summed E-state index contributed by atoms with van der Waals surface area (Å²) >= 11 is 14.4. The number of hydrogen-bond donors (Lipinski definition) is 1. The fourth-order valence-electron chi connectivity index (χ4n) is 1.43. The average Bonchev–Trinajstić information content (AvgIpc) is 2.62. The number of imide groups is 1. The molecular weight excluding hydrogens is 355 g/mol. The average molecular weight is 371 g/mol. The number of thioether (sulfide) groups is 1. The Balaban J connectivity index is 2.84. The lowest BCUT2D eigenvalue weighted by atomic mass is 10.1. The standard InChI is InChI=1S/C12H16Cl2N2O3S2/c1-12(2,3)19-11(18)16-9(17)6(5-20-4)7-8(13)15-10(14)21-7/h6H,5H2,1-4H3,(H,16,17,18). The number of amides is 2. The van der Waals surface area contributed by atoms with Crippen LogP contribution in [-0.2, 0) is 9.53 Å². The Morgan fingerprint density at radius 2 is 2.05 bits per heavy atom. The first kappa shape index (κ1) is 18.5. The van der Waals surface area contributed by atoms with Gasteiger partial charge in [-0.25, -0.2) is 9.78 Å². The van der Waals surface area contributed by atoms with Crippen LogP contribution in [0.5, 0.6) is 0 Å². The normalized spacial score (nSPS) is 12.9. The van der Waals surface area contributed by atoms with Crippen LogP contribution in [-0.4, -0.2) is 34.6 Å². The first-order valence-electron chi connectivity index (χ1n) is 5.98. The summed E-state index contributed by atoms with van der Waals surface area (Å²) in [5.41, 5.74) is -0.676. The summed E-state index contributed by atoms with van der Waals surface area (Å²) in [4.78, 5) is 28.3. The Morgan fingerprint density at radius 1 is 1.43 bits per heavy atom. The van der Waals surface area contributed by atoms with Gasteiger partial charge in [0.2, 0.25) is 5.91 Å². The summed E-state index contributed by atoms with van der Waals surface area (Å²) < 4.78 is 5.31. The van der Waals surface area contributed by atoms with E-state index in [-0.39, 0.29) is 9.62 Å². The van der Waals surface area contributed by atoms with Crippen molar-refractivity contribution in [3.05, 3.63) is 14.5 Å². The summed E-state index contributed by atoms with van der Waals surface area (Å²) in [7, 11) is 0. The SMILES string of the molecule is CSCC(C(=O)NC(=O)OC(C)(C)C)c1sc(Cl)nc1Cl. The second-order valence-corrected chi connectivity index (χ2v) is 8.00. The number of halogens is 2. The van der Waals surface area contributed by atoms with Gasteiger partial charge in [-0.2, -0.15) is 11.8 Å². The van der Waals surface area contributed by atoms with E-state index < -0.39 is 23.5 Å². The molecule has 118 valence electrons. The van der Waals surface area contributed by atoms with E-state index in [1.807, 2.05) is 6.26 Å². The second kappa shape index (κ2) is 7.67. The van der Waals surface area contributed by atoms with Gasteiger partial charge in [-0.3, -0.25) is 10.1 Å². The van der Waals surface area contributed by atoms with Crippen LogP contribution in [0.25, 0.3) is 0 Å². The molecule has 1 aromatic rings. The Labute approximate surface area is 141 Å². The van der Waals surface area contributed by atoms with Crippen molar-refractivity contribution in [3.63, 3.8) is 0 Å². The predicted molar refractivity (Wildman–Crippen MR) is 87.6 cm³/mol. The van der Waals surface area contributed by atoms with E-state index in [0.29, 0.717) is 10.6 Å². The van der Waals surface area contributed by atoms with Crippen molar-refractivity contribution in [3.8, 4) is 0 Å². The summed E-state index contributed by atoms with van der Waals surface area (Å²) in [6.45, 7) is 5.16. The van der Waals surface area contributed by atoms with Gasteiger partial charge < -0.3 is 4.74 Å². The molecule has 0 aromatic carbocycles. The minimum absolute atomic E-state index is 0.184. The zero-order chi connectivity index (χ0) is 16.2. The van der Waals surface area contributed by atoms with Gasteiger partial charge in [0, 0.05) is 5.75 Å². The molecule has 0 aliphatic heterocycles. The topological polar surface area (TPSA) is 68.3 Å². The lowest BCUT2D eigenvalue weighted by molar-refractivity contribution is -0.121. The highest BCUT2D eigenvalue weighted by Gasteiger charge is 2.28. The number of nitrogens with zero attached hydrogens (tertiary/aromatic N) is 1. The fraction of sp³-hybridized carbons (Fsp3) is 0.583. The molecule has 0 fully saturated rings. The molecule has 0 radical (unpaired) electrons. The lowest BCUT2D eigenvalue weighted by Gasteiger charge is -2.20. The number of carbonyl (C=O) groups excluding carboxylic acids is 2. The number of nitrogens with one attached hydrogen (secondary N) is 1. The van der Waals surface area contributed by atoms with Gasteiger partial charge in [-0.05, 0) is 27.0 Å². The highest BCUT2D eigenvalue weighted by molar-refractivity contribution is 7.98. The maximum atomic E-state index is 12.2. The molecule has 1 unspecified atom stereocenters. The van der Waals surface area contributed by atoms with Crippen LogP contribution in [0.1, 0.15) is 31.6 Å². The van der Waals surface area contributed by atoms with Crippen molar-refractivity contribution in [2.75, 3.05) is 12.0 Å². The van der Waals surface area contributed by atoms with E-state index in [1.54, 1.807) is 20.8 Å². The number of hydrogen-bond acceptors (Lipinski definition) is 6. The molecule has 1 atom stereocenters. The van der Waals surface area contributed by atoms with Gasteiger partial charge in [0.1, 0.15) is 10.8 Å². The quantitative estimate of drug-likeness (QED) is 0.868. The number of thiazole rings is 1. The van der Waals surface area contributed by atoms with Gasteiger partial charge in [-0.15, -0.1) is 11.3 Å². The molecule has 1 rings (SSSR count). The summed E-state index contributed by atoms with van der Waals surface area (Å²) in [5, 5.41) is 2.40. The van der Waals surface area contributed by atoms with Crippen LogP contribution in [0.3, 0.4) is 0 Å². The van der Waals surface area contributed by atoms with Crippen molar-refractivity contribution in [2.24, 2.45) is 0 Å². The highest BCUT2D eigenvalue weighted by Crippen LogP contribution is 2.34. The highest BCUT2D eigenvalue weighted by atomic mass is 35.5. The van der Waals surface area contributed by atoms with E-state index in [9.17, 15) is 9.59 Å². The van der Waals surface area contributed by atoms with E-state index in [4.69, 9.17) is 27.9 Å². The van der Waals surface area contributed by atoms with Crippen LogP contribution in [0.4, 0.5) is 4.79 Å². The van der Waals surface area contributed by atoms with Gasteiger partial charge in [0.15, 0.2) is 4.47 Å². The number of ether oxygens (including phenoxy) is 1. The number of aromatic nitrogens is 1. The minimum Gasteiger partial charge on any atom is -0.444 e. The van der Waals surface area contributed by atoms with Crippen LogP contribution in [0, 0.1) is 0 Å². The molecule has 0 aliphatic rings. The van der Waals surface area contributed by atoms with Crippen molar-refractivity contribution in [1.82, 2.24) is 10.3 Å². The number of carbonyl (C=O) groups is 2. The largest absolute Gasteiger partial charge is 0.444 e. The van der Waals surface area contributed by atoms with E-state index in [2.05, 4.69) is 10.3 Å². The molecule has 21 heavy (non-hydrogen) atoms. The molecule has 1 aromatic heterocycles. The Hall–Kier alpha value is -0.500. The third-order valence-corrected chi connectivity index (χ3v) is 4.51. The third-order valence-electron chi connectivity index (χ3n) is 2.17. The zero-order valence-electron chi connectivity index (χ0n) is 12.0. The van der Waals surface area contributed by atoms with E-state index >= 15 is 0 Å². The Kier molecular flexibility index (Phi) is 6.77. The summed E-state index contributed by atoms with van der Waals surface area (Å²) in [6, 6.07) is 0. The molecule has 0 saturated carbocycles. The van der Waals surface area contributed by atoms with Crippen molar-refractivity contribution >= 4 is 58.3 Å². The van der Waals surface area contributed by atoms with Gasteiger partial charge in [0.05, 0.1) is 10.8 Å². The first-order chi connectivity index (χ1) is 9.64. The van der Waals surface area contributed by atoms with Crippen LogP contribution in [0.2, 0.25) is 9.62 Å². The molecule has 1 heterocycles. The molecular formula is C12H16Cl2N2O3S2. The zero-order valence-corrected chi connectivity index (χ0v) is 15.2. The van der Waals surface area contributed by atoms with Crippen molar-refractivity contribution in [1.29, 1.82) is 0 Å². The van der Waals surface area contributed by atoms with Gasteiger partial charge in [-0.1, -0.05) is 23.2 Å². The minimum atomic E-state index is -0.787. The molecule has 0 spiro atoms. The monoisotopic (exact) mass is 370 g/mol. The van der Waals surface area contributed by atoms with Crippen molar-refractivity contribution in [2.45, 2.75) is 32.3 Å². The van der Waals surface area contributed by atoms with Crippen LogP contribution < -0.4 is 5.32 Å². The molecule has 0 saturated heterocycles. The van der Waals surface area contributed by atoms with Gasteiger partial charge in [0.25, 0.3) is 0 Å². The maximum Gasteiger partial charge on any atom is 0.414 e. The maximum absolute atomic E-state index is 12.2. The predicted octanol–water partition coefficient (Wildman–Crippen LogP) is 3.95. The number of rotatable bonds is 4. The van der Waals surface area contributed by atoms with E-state index in [0.717, 1.165) is 11.3 Å². The second-order valence-electron chi connectivity index (χ2n) is 5.12.